The van der Waals surface area contributed by atoms with E-state index in [-0.39, 0.29) is 5.56 Å². The van der Waals surface area contributed by atoms with Gasteiger partial charge in [-0.3, -0.25) is 9.00 Å². The van der Waals surface area contributed by atoms with Crippen LogP contribution in [0.1, 0.15) is 22.8 Å². The van der Waals surface area contributed by atoms with E-state index in [0.29, 0.717) is 22.2 Å². The van der Waals surface area contributed by atoms with Crippen LogP contribution in [-0.2, 0) is 26.9 Å². The van der Waals surface area contributed by atoms with Gasteiger partial charge in [-0.2, -0.15) is 0 Å². The molecule has 0 aliphatic carbocycles. The monoisotopic (exact) mass is 379 g/mol. The Labute approximate surface area is 153 Å². The summed E-state index contributed by atoms with van der Waals surface area (Å²) in [7, 11) is -1.28. The van der Waals surface area contributed by atoms with Crippen molar-refractivity contribution < 1.29 is 18.5 Å². The van der Waals surface area contributed by atoms with Crippen LogP contribution in [0.3, 0.4) is 0 Å². The molecule has 1 atom stereocenters. The summed E-state index contributed by atoms with van der Waals surface area (Å²) in [5.41, 5.74) is 1.10. The molecule has 0 heterocycles. The number of carbonyl (C=O) groups is 2. The van der Waals surface area contributed by atoms with Crippen LogP contribution in [0.2, 0.25) is 5.02 Å². The molecule has 0 aliphatic heterocycles. The third-order valence-electron chi connectivity index (χ3n) is 3.35. The molecular weight excluding hydrogens is 362 g/mol. The summed E-state index contributed by atoms with van der Waals surface area (Å²) in [6.45, 7) is 1.67. The molecule has 1 amide bonds. The van der Waals surface area contributed by atoms with E-state index in [1.54, 1.807) is 49.4 Å². The van der Waals surface area contributed by atoms with E-state index in [2.05, 4.69) is 5.32 Å². The highest BCUT2D eigenvalue weighted by Gasteiger charge is 2.17. The molecule has 0 aromatic heterocycles. The van der Waals surface area contributed by atoms with Gasteiger partial charge in [-0.15, -0.1) is 0 Å². The van der Waals surface area contributed by atoms with Crippen molar-refractivity contribution in [3.63, 3.8) is 0 Å². The minimum atomic E-state index is -1.28. The van der Waals surface area contributed by atoms with E-state index >= 15 is 0 Å². The van der Waals surface area contributed by atoms with E-state index in [9.17, 15) is 13.8 Å². The molecule has 0 unspecified atom stereocenters. The van der Waals surface area contributed by atoms with Crippen LogP contribution in [0.25, 0.3) is 0 Å². The minimum absolute atomic E-state index is 0.216. The van der Waals surface area contributed by atoms with Crippen molar-refractivity contribution in [3.05, 3.63) is 64.7 Å². The highest BCUT2D eigenvalue weighted by molar-refractivity contribution is 7.85. The number of ether oxygens (including phenoxy) is 1. The first-order chi connectivity index (χ1) is 12.0. The SMILES string of the molecule is CC[S@@](=O)c1ccccc1C(=O)OCC(=O)NCc1ccc(Cl)cc1. The maximum atomic E-state index is 12.2. The van der Waals surface area contributed by atoms with Crippen molar-refractivity contribution in [3.8, 4) is 0 Å². The Morgan fingerprint density at radius 1 is 1.12 bits per heavy atom. The van der Waals surface area contributed by atoms with Crippen LogP contribution >= 0.6 is 11.6 Å². The van der Waals surface area contributed by atoms with Crippen LogP contribution in [0.15, 0.2) is 53.4 Å². The lowest BCUT2D eigenvalue weighted by Crippen LogP contribution is -2.28. The zero-order valence-electron chi connectivity index (χ0n) is 13.7. The van der Waals surface area contributed by atoms with Gasteiger partial charge in [0.2, 0.25) is 0 Å². The van der Waals surface area contributed by atoms with Gasteiger partial charge in [0, 0.05) is 17.3 Å². The van der Waals surface area contributed by atoms with Gasteiger partial charge in [0.25, 0.3) is 5.91 Å². The molecule has 0 saturated carbocycles. The van der Waals surface area contributed by atoms with Crippen LogP contribution in [0.5, 0.6) is 0 Å². The first-order valence-corrected chi connectivity index (χ1v) is 9.36. The summed E-state index contributed by atoms with van der Waals surface area (Å²) in [6.07, 6.45) is 0. The van der Waals surface area contributed by atoms with Gasteiger partial charge in [-0.05, 0) is 29.8 Å². The summed E-state index contributed by atoms with van der Waals surface area (Å²) >= 11 is 5.80. The average molecular weight is 380 g/mol. The second kappa shape index (κ2) is 9.34. The Bertz CT molecular complexity index is 777. The molecule has 0 radical (unpaired) electrons. The molecule has 0 spiro atoms. The predicted molar refractivity (Wildman–Crippen MR) is 97.0 cm³/mol. The first kappa shape index (κ1) is 19.1. The molecule has 25 heavy (non-hydrogen) atoms. The molecular formula is C18H18ClNO4S. The Kier molecular flexibility index (Phi) is 7.16. The molecule has 0 bridgehead atoms. The first-order valence-electron chi connectivity index (χ1n) is 7.67. The molecule has 1 N–H and O–H groups in total. The zero-order valence-corrected chi connectivity index (χ0v) is 15.2. The molecule has 2 aromatic rings. The predicted octanol–water partition coefficient (Wildman–Crippen LogP) is 2.94. The molecule has 0 saturated heterocycles. The van der Waals surface area contributed by atoms with Gasteiger partial charge >= 0.3 is 5.97 Å². The van der Waals surface area contributed by atoms with Crippen molar-refractivity contribution in [2.45, 2.75) is 18.4 Å². The standard InChI is InChI=1S/C18H18ClNO4S/c1-2-25(23)16-6-4-3-5-15(16)18(22)24-12-17(21)20-11-13-7-9-14(19)10-8-13/h3-10H,2,11-12H2,1H3,(H,20,21)/t25-/m1/s1. The number of halogens is 1. The Hall–Kier alpha value is -2.18. The van der Waals surface area contributed by atoms with Crippen LogP contribution in [-0.4, -0.2) is 28.4 Å². The molecule has 7 heteroatoms. The number of carbonyl (C=O) groups excluding carboxylic acids is 2. The summed E-state index contributed by atoms with van der Waals surface area (Å²) in [5, 5.41) is 3.27. The van der Waals surface area contributed by atoms with Crippen molar-refractivity contribution in [1.82, 2.24) is 5.32 Å². The molecule has 5 nitrogen and oxygen atoms in total. The van der Waals surface area contributed by atoms with E-state index in [1.165, 1.54) is 6.07 Å². The highest BCUT2D eigenvalue weighted by Crippen LogP contribution is 2.15. The van der Waals surface area contributed by atoms with Gasteiger partial charge in [-0.25, -0.2) is 4.79 Å². The fourth-order valence-corrected chi connectivity index (χ4v) is 3.12. The number of amides is 1. The number of nitrogens with one attached hydrogen (secondary N) is 1. The normalized spacial score (nSPS) is 11.6. The number of hydrogen-bond acceptors (Lipinski definition) is 4. The number of hydrogen-bond donors (Lipinski definition) is 1. The highest BCUT2D eigenvalue weighted by atomic mass is 35.5. The fourth-order valence-electron chi connectivity index (χ4n) is 2.05. The summed E-state index contributed by atoms with van der Waals surface area (Å²) in [5.74, 6) is -0.692. The number of rotatable bonds is 7. The Morgan fingerprint density at radius 3 is 2.48 bits per heavy atom. The largest absolute Gasteiger partial charge is 0.452 e. The van der Waals surface area contributed by atoms with Crippen LogP contribution in [0.4, 0.5) is 0 Å². The minimum Gasteiger partial charge on any atom is -0.452 e. The van der Waals surface area contributed by atoms with Crippen molar-refractivity contribution >= 4 is 34.3 Å². The fraction of sp³-hybridized carbons (Fsp3) is 0.222. The van der Waals surface area contributed by atoms with E-state index < -0.39 is 29.3 Å². The van der Waals surface area contributed by atoms with Crippen molar-refractivity contribution in [2.75, 3.05) is 12.4 Å². The lowest BCUT2D eigenvalue weighted by atomic mass is 10.2. The lowest BCUT2D eigenvalue weighted by molar-refractivity contribution is -0.124. The summed E-state index contributed by atoms with van der Waals surface area (Å²) in [6, 6.07) is 13.6. The van der Waals surface area contributed by atoms with Crippen molar-refractivity contribution in [1.29, 1.82) is 0 Å². The maximum absolute atomic E-state index is 12.2. The second-order valence-electron chi connectivity index (χ2n) is 5.11. The van der Waals surface area contributed by atoms with Gasteiger partial charge in [0.05, 0.1) is 21.3 Å². The summed E-state index contributed by atoms with van der Waals surface area (Å²) in [4.78, 5) is 24.4. The Morgan fingerprint density at radius 2 is 1.80 bits per heavy atom. The number of esters is 1. The summed E-state index contributed by atoms with van der Waals surface area (Å²) < 4.78 is 17.0. The van der Waals surface area contributed by atoms with E-state index in [0.717, 1.165) is 5.56 Å². The molecule has 2 aromatic carbocycles. The lowest BCUT2D eigenvalue weighted by Gasteiger charge is -2.09. The molecule has 132 valence electrons. The van der Waals surface area contributed by atoms with Crippen LogP contribution in [0, 0.1) is 0 Å². The molecule has 0 fully saturated rings. The van der Waals surface area contributed by atoms with E-state index in [1.807, 2.05) is 0 Å². The van der Waals surface area contributed by atoms with Gasteiger partial charge in [0.15, 0.2) is 6.61 Å². The third-order valence-corrected chi connectivity index (χ3v) is 4.97. The average Bonchev–Trinajstić information content (AvgIpc) is 2.65. The quantitative estimate of drug-likeness (QED) is 0.751. The van der Waals surface area contributed by atoms with Gasteiger partial charge in [-0.1, -0.05) is 42.8 Å². The smallest absolute Gasteiger partial charge is 0.339 e. The van der Waals surface area contributed by atoms with E-state index in [4.69, 9.17) is 16.3 Å². The van der Waals surface area contributed by atoms with Gasteiger partial charge in [0.1, 0.15) is 0 Å². The number of benzene rings is 2. The zero-order chi connectivity index (χ0) is 18.2. The third kappa shape index (κ3) is 5.69. The second-order valence-corrected chi connectivity index (χ2v) is 7.25. The maximum Gasteiger partial charge on any atom is 0.339 e. The van der Waals surface area contributed by atoms with Gasteiger partial charge < -0.3 is 10.1 Å². The molecule has 2 rings (SSSR count). The Balaban J connectivity index is 1.88. The van der Waals surface area contributed by atoms with Crippen LogP contribution < -0.4 is 5.32 Å². The molecule has 0 aliphatic rings. The topological polar surface area (TPSA) is 72.5 Å². The van der Waals surface area contributed by atoms with Crippen molar-refractivity contribution in [2.24, 2.45) is 0 Å².